The lowest BCUT2D eigenvalue weighted by Gasteiger charge is -2.29. The molecule has 0 radical (unpaired) electrons. The molecule has 0 atom stereocenters. The second-order valence-corrected chi connectivity index (χ2v) is 18.1. The van der Waals surface area contributed by atoms with Crippen LogP contribution < -0.4 is 4.74 Å². The molecular weight excluding hydrogens is 719 g/mol. The Bertz CT molecular complexity index is 2780. The maximum absolute atomic E-state index is 6.48. The fourth-order valence-corrected chi connectivity index (χ4v) is 8.27. The van der Waals surface area contributed by atoms with Crippen LogP contribution in [-0.4, -0.2) is 21.6 Å². The first-order chi connectivity index (χ1) is 28.2. The van der Waals surface area contributed by atoms with Crippen LogP contribution >= 0.6 is 0 Å². The molecule has 0 bridgehead atoms. The monoisotopic (exact) mass is 773 g/mol. The van der Waals surface area contributed by atoms with Crippen molar-refractivity contribution >= 4 is 11.0 Å². The molecule has 0 saturated heterocycles. The number of aromatic nitrogens is 3. The zero-order valence-corrected chi connectivity index (χ0v) is 36.2. The molecule has 2 heterocycles. The zero-order chi connectivity index (χ0) is 41.6. The Kier molecular flexibility index (Phi) is 10.4. The summed E-state index contributed by atoms with van der Waals surface area (Å²) in [6.45, 7) is 20.4. The van der Waals surface area contributed by atoms with Gasteiger partial charge in [-0.2, -0.15) is 0 Å². The molecule has 0 N–H and O–H groups in total. The normalized spacial score (nSPS) is 12.1. The molecule has 4 heteroatoms. The number of imidazole rings is 1. The van der Waals surface area contributed by atoms with E-state index in [0.29, 0.717) is 5.92 Å². The van der Waals surface area contributed by atoms with Gasteiger partial charge in [0.15, 0.2) is 0 Å². The lowest BCUT2D eigenvalue weighted by atomic mass is 9.78. The molecule has 59 heavy (non-hydrogen) atoms. The number of fused-ring (bicyclic) bond motifs is 1. The summed E-state index contributed by atoms with van der Waals surface area (Å²) in [5, 5.41) is 0. The number of methoxy groups -OCH3 is 1. The highest BCUT2D eigenvalue weighted by Gasteiger charge is 2.30. The molecule has 0 aliphatic heterocycles. The summed E-state index contributed by atoms with van der Waals surface area (Å²) >= 11 is 0. The number of ether oxygens (including phenoxy) is 1. The van der Waals surface area contributed by atoms with E-state index in [2.05, 4.69) is 200 Å². The van der Waals surface area contributed by atoms with E-state index in [4.69, 9.17) is 14.7 Å². The van der Waals surface area contributed by atoms with Crippen LogP contribution in [-0.2, 0) is 10.8 Å². The largest absolute Gasteiger partial charge is 0.496 e. The third kappa shape index (κ3) is 7.49. The van der Waals surface area contributed by atoms with Gasteiger partial charge in [-0.3, -0.25) is 9.55 Å². The molecule has 0 fully saturated rings. The molecule has 2 aromatic heterocycles. The Hall–Kier alpha value is -6.26. The average Bonchev–Trinajstić information content (AvgIpc) is 3.63. The van der Waals surface area contributed by atoms with Crippen molar-refractivity contribution in [1.29, 1.82) is 0 Å². The summed E-state index contributed by atoms with van der Waals surface area (Å²) in [5.74, 6) is 2.01. The summed E-state index contributed by atoms with van der Waals surface area (Å²) in [6.07, 6.45) is 1.88. The summed E-state index contributed by atoms with van der Waals surface area (Å²) in [5.41, 5.74) is 17.4. The first kappa shape index (κ1) is 39.6. The van der Waals surface area contributed by atoms with Crippen molar-refractivity contribution in [3.8, 4) is 67.5 Å². The lowest BCUT2D eigenvalue weighted by molar-refractivity contribution is 0.398. The Morgan fingerprint density at radius 1 is 0.576 bits per heavy atom. The van der Waals surface area contributed by atoms with Crippen LogP contribution in [0.2, 0.25) is 0 Å². The zero-order valence-electron chi connectivity index (χ0n) is 36.2. The molecule has 6 aromatic carbocycles. The van der Waals surface area contributed by atoms with Crippen LogP contribution in [0, 0.1) is 6.92 Å². The minimum atomic E-state index is -0.188. The van der Waals surface area contributed by atoms with E-state index >= 15 is 0 Å². The Morgan fingerprint density at radius 3 is 1.88 bits per heavy atom. The van der Waals surface area contributed by atoms with E-state index in [1.54, 1.807) is 7.11 Å². The van der Waals surface area contributed by atoms with Gasteiger partial charge in [0.25, 0.3) is 0 Å². The lowest BCUT2D eigenvalue weighted by Crippen LogP contribution is -2.18. The van der Waals surface area contributed by atoms with Gasteiger partial charge in [-0.25, -0.2) is 4.98 Å². The van der Waals surface area contributed by atoms with E-state index in [0.717, 1.165) is 78.5 Å². The number of rotatable bonds is 8. The van der Waals surface area contributed by atoms with Crippen molar-refractivity contribution < 1.29 is 4.74 Å². The van der Waals surface area contributed by atoms with Crippen LogP contribution in [0.1, 0.15) is 83.6 Å². The van der Waals surface area contributed by atoms with Crippen LogP contribution in [0.3, 0.4) is 0 Å². The van der Waals surface area contributed by atoms with Crippen LogP contribution in [0.5, 0.6) is 5.75 Å². The fourth-order valence-electron chi connectivity index (χ4n) is 8.27. The van der Waals surface area contributed by atoms with Gasteiger partial charge in [-0.15, -0.1) is 0 Å². The van der Waals surface area contributed by atoms with Gasteiger partial charge in [-0.05, 0) is 105 Å². The summed E-state index contributed by atoms with van der Waals surface area (Å²) in [4.78, 5) is 10.6. The van der Waals surface area contributed by atoms with Gasteiger partial charge in [0.1, 0.15) is 11.6 Å². The van der Waals surface area contributed by atoms with Gasteiger partial charge in [0.05, 0.1) is 35.1 Å². The van der Waals surface area contributed by atoms with Gasteiger partial charge in [-0.1, -0.05) is 152 Å². The number of nitrogens with zero attached hydrogens (tertiary/aromatic N) is 3. The van der Waals surface area contributed by atoms with Gasteiger partial charge in [0, 0.05) is 28.5 Å². The molecule has 296 valence electrons. The quantitative estimate of drug-likeness (QED) is 0.154. The highest BCUT2D eigenvalue weighted by molar-refractivity contribution is 5.99. The highest BCUT2D eigenvalue weighted by atomic mass is 16.5. The van der Waals surface area contributed by atoms with Crippen LogP contribution in [0.4, 0.5) is 0 Å². The van der Waals surface area contributed by atoms with Crippen molar-refractivity contribution in [3.05, 3.63) is 168 Å². The molecule has 8 rings (SSSR count). The molecule has 0 aliphatic rings. The van der Waals surface area contributed by atoms with E-state index in [9.17, 15) is 0 Å². The fraction of sp³-hybridized carbons (Fsp3) is 0.236. The molecular formula is C55H55N3O. The topological polar surface area (TPSA) is 39.9 Å². The average molecular weight is 774 g/mol. The third-order valence-corrected chi connectivity index (χ3v) is 11.7. The van der Waals surface area contributed by atoms with Gasteiger partial charge >= 0.3 is 0 Å². The van der Waals surface area contributed by atoms with E-state index in [-0.39, 0.29) is 10.8 Å². The maximum atomic E-state index is 6.48. The molecule has 0 saturated carbocycles. The van der Waals surface area contributed by atoms with Crippen LogP contribution in [0.15, 0.2) is 146 Å². The Balaban J connectivity index is 1.52. The maximum Gasteiger partial charge on any atom is 0.149 e. The van der Waals surface area contributed by atoms with Crippen LogP contribution in [0.25, 0.3) is 72.7 Å². The Labute approximate surface area is 350 Å². The van der Waals surface area contributed by atoms with Crippen molar-refractivity contribution in [2.45, 2.75) is 79.1 Å². The van der Waals surface area contributed by atoms with Crippen molar-refractivity contribution in [1.82, 2.24) is 14.5 Å². The van der Waals surface area contributed by atoms with Crippen molar-refractivity contribution in [2.75, 3.05) is 7.11 Å². The molecule has 0 unspecified atom stereocenters. The smallest absolute Gasteiger partial charge is 0.149 e. The molecule has 8 aromatic rings. The minimum Gasteiger partial charge on any atom is -0.496 e. The first-order valence-corrected chi connectivity index (χ1v) is 20.8. The molecule has 4 nitrogen and oxygen atoms in total. The van der Waals surface area contributed by atoms with E-state index < -0.39 is 0 Å². The Morgan fingerprint density at radius 2 is 1.25 bits per heavy atom. The van der Waals surface area contributed by atoms with Crippen molar-refractivity contribution in [3.63, 3.8) is 0 Å². The predicted molar refractivity (Wildman–Crippen MR) is 249 cm³/mol. The number of benzene rings is 6. The molecule has 0 amide bonds. The van der Waals surface area contributed by atoms with Gasteiger partial charge < -0.3 is 4.74 Å². The van der Waals surface area contributed by atoms with Crippen molar-refractivity contribution in [2.24, 2.45) is 0 Å². The van der Waals surface area contributed by atoms with Gasteiger partial charge in [0.2, 0.25) is 0 Å². The highest BCUT2D eigenvalue weighted by Crippen LogP contribution is 2.47. The number of hydrogen-bond acceptors (Lipinski definition) is 3. The second kappa shape index (κ2) is 15.5. The number of para-hydroxylation sites is 1. The number of hydrogen-bond donors (Lipinski definition) is 0. The molecule has 0 spiro atoms. The predicted octanol–water partition coefficient (Wildman–Crippen LogP) is 14.8. The minimum absolute atomic E-state index is 0.119. The first-order valence-electron chi connectivity index (χ1n) is 20.8. The second-order valence-electron chi connectivity index (χ2n) is 18.1. The summed E-state index contributed by atoms with van der Waals surface area (Å²) in [7, 11) is 1.80. The van der Waals surface area contributed by atoms with E-state index in [1.165, 1.54) is 22.3 Å². The summed E-state index contributed by atoms with van der Waals surface area (Å²) < 4.78 is 8.87. The van der Waals surface area contributed by atoms with E-state index in [1.807, 2.05) is 12.3 Å². The summed E-state index contributed by atoms with van der Waals surface area (Å²) in [6, 6.07) is 50.3. The molecule has 0 aliphatic carbocycles. The standard InChI is InChI=1S/C55H55N3O/c1-35(2)40-31-43(36(3)44(32-40)48-25-17-18-29-56-48)42-24-19-26-50-51(42)57-53(46-33-41(54(4,5)6)34-47(52(46)59-10)55(7,8)9)58(50)49-28-27-39(37-20-13-11-14-21-37)30-45(49)38-22-15-12-16-23-38/h11-35H,1-10H3. The third-order valence-electron chi connectivity index (χ3n) is 11.7. The number of pyridine rings is 1. The SMILES string of the molecule is COc1c(-c2nc3c(-c4cc(C(C)C)cc(-c5ccccn5)c4C)cccc3n2-c2ccc(-c3ccccc3)cc2-c2ccccc2)cc(C(C)(C)C)cc1C(C)(C)C.